The number of pyridine rings is 1. The lowest BCUT2D eigenvalue weighted by atomic mass is 10.2. The molecule has 7 nitrogen and oxygen atoms in total. The number of urea groups is 1. The quantitative estimate of drug-likeness (QED) is 0.772. The summed E-state index contributed by atoms with van der Waals surface area (Å²) in [5, 5.41) is 0. The fourth-order valence-corrected chi connectivity index (χ4v) is 3.79. The first-order valence-corrected chi connectivity index (χ1v) is 9.82. The number of para-hydroxylation sites is 1. The van der Waals surface area contributed by atoms with Gasteiger partial charge in [-0.3, -0.25) is 19.6 Å². The van der Waals surface area contributed by atoms with Crippen molar-refractivity contribution in [1.29, 1.82) is 0 Å². The number of piperazine rings is 1. The zero-order valence-corrected chi connectivity index (χ0v) is 16.2. The molecule has 2 aliphatic rings. The predicted molar refractivity (Wildman–Crippen MR) is 107 cm³/mol. The molecule has 3 amide bonds. The number of carbonyl (C=O) groups is 2. The second kappa shape index (κ2) is 8.57. The molecule has 0 aliphatic carbocycles. The zero-order valence-electron chi connectivity index (χ0n) is 16.2. The highest BCUT2D eigenvalue weighted by molar-refractivity contribution is 5.96. The van der Waals surface area contributed by atoms with Crippen molar-refractivity contribution < 1.29 is 14.0 Å². The molecule has 2 fully saturated rings. The maximum atomic E-state index is 14.0. The molecule has 0 bridgehead atoms. The third kappa shape index (κ3) is 4.37. The maximum absolute atomic E-state index is 14.0. The molecule has 0 radical (unpaired) electrons. The van der Waals surface area contributed by atoms with E-state index >= 15 is 0 Å². The lowest BCUT2D eigenvalue weighted by Gasteiger charge is -2.35. The maximum Gasteiger partial charge on any atom is 0.325 e. The summed E-state index contributed by atoms with van der Waals surface area (Å²) in [5.41, 5.74) is 1.47. The summed E-state index contributed by atoms with van der Waals surface area (Å²) in [5.74, 6) is -0.489. The van der Waals surface area contributed by atoms with Gasteiger partial charge in [-0.25, -0.2) is 9.18 Å². The molecule has 0 spiro atoms. The van der Waals surface area contributed by atoms with Crippen LogP contribution in [0.5, 0.6) is 0 Å². The van der Waals surface area contributed by atoms with Gasteiger partial charge in [-0.2, -0.15) is 0 Å². The molecule has 3 heterocycles. The third-order valence-electron chi connectivity index (χ3n) is 5.44. The van der Waals surface area contributed by atoms with Gasteiger partial charge in [-0.15, -0.1) is 0 Å². The standard InChI is InChI=1S/C21H24FN5O2/c22-18-3-1-2-4-19(18)27-14-13-26(21(27)29)16-20(28)25-11-9-24(10-12-25)15-17-5-7-23-8-6-17/h1-8H,9-16H2. The molecule has 8 heteroatoms. The van der Waals surface area contributed by atoms with E-state index in [4.69, 9.17) is 0 Å². The Labute approximate surface area is 169 Å². The smallest absolute Gasteiger partial charge is 0.325 e. The molecule has 0 N–H and O–H groups in total. The zero-order chi connectivity index (χ0) is 20.2. The minimum Gasteiger partial charge on any atom is -0.339 e. The van der Waals surface area contributed by atoms with Crippen molar-refractivity contribution >= 4 is 17.6 Å². The van der Waals surface area contributed by atoms with Crippen LogP contribution < -0.4 is 4.90 Å². The monoisotopic (exact) mass is 397 g/mol. The number of halogens is 1. The Morgan fingerprint density at radius 2 is 1.69 bits per heavy atom. The summed E-state index contributed by atoms with van der Waals surface area (Å²) in [6.07, 6.45) is 3.57. The molecule has 0 unspecified atom stereocenters. The van der Waals surface area contributed by atoms with Crippen LogP contribution in [0.2, 0.25) is 0 Å². The molecule has 2 aliphatic heterocycles. The van der Waals surface area contributed by atoms with Crippen LogP contribution in [0, 0.1) is 5.82 Å². The average Bonchev–Trinajstić information content (AvgIpc) is 3.10. The number of rotatable bonds is 5. The molecule has 0 atom stereocenters. The minimum atomic E-state index is -0.431. The molecule has 152 valence electrons. The van der Waals surface area contributed by atoms with E-state index in [1.165, 1.54) is 21.4 Å². The van der Waals surface area contributed by atoms with Crippen LogP contribution in [0.4, 0.5) is 14.9 Å². The Hall–Kier alpha value is -3.00. The Bertz CT molecular complexity index is 870. The van der Waals surface area contributed by atoms with Crippen LogP contribution in [-0.2, 0) is 11.3 Å². The Kier molecular flexibility index (Phi) is 5.71. The van der Waals surface area contributed by atoms with Crippen LogP contribution in [0.1, 0.15) is 5.56 Å². The van der Waals surface area contributed by atoms with Crippen LogP contribution in [0.25, 0.3) is 0 Å². The Morgan fingerprint density at radius 1 is 0.966 bits per heavy atom. The van der Waals surface area contributed by atoms with Crippen molar-refractivity contribution in [1.82, 2.24) is 19.7 Å². The second-order valence-corrected chi connectivity index (χ2v) is 7.32. The number of anilines is 1. The molecule has 4 rings (SSSR count). The summed E-state index contributed by atoms with van der Waals surface area (Å²) >= 11 is 0. The van der Waals surface area contributed by atoms with E-state index < -0.39 is 5.82 Å². The lowest BCUT2D eigenvalue weighted by Crippen LogP contribution is -2.51. The van der Waals surface area contributed by atoms with Crippen molar-refractivity contribution in [3.63, 3.8) is 0 Å². The van der Waals surface area contributed by atoms with Gasteiger partial charge in [0.15, 0.2) is 0 Å². The van der Waals surface area contributed by atoms with E-state index in [-0.39, 0.29) is 24.2 Å². The first-order chi connectivity index (χ1) is 14.1. The SMILES string of the molecule is O=C(CN1CCN(c2ccccc2F)C1=O)N1CCN(Cc2ccncc2)CC1. The fourth-order valence-electron chi connectivity index (χ4n) is 3.79. The van der Waals surface area contributed by atoms with Gasteiger partial charge in [-0.05, 0) is 29.8 Å². The highest BCUT2D eigenvalue weighted by Gasteiger charge is 2.33. The van der Waals surface area contributed by atoms with Crippen LogP contribution in [0.3, 0.4) is 0 Å². The molecular formula is C21H24FN5O2. The van der Waals surface area contributed by atoms with E-state index in [0.29, 0.717) is 26.2 Å². The van der Waals surface area contributed by atoms with Gasteiger partial charge in [0.2, 0.25) is 5.91 Å². The fraction of sp³-hybridized carbons (Fsp3) is 0.381. The largest absolute Gasteiger partial charge is 0.339 e. The normalized spacial score (nSPS) is 17.8. The van der Waals surface area contributed by atoms with Gasteiger partial charge in [0.25, 0.3) is 0 Å². The second-order valence-electron chi connectivity index (χ2n) is 7.32. The lowest BCUT2D eigenvalue weighted by molar-refractivity contribution is -0.133. The Balaban J connectivity index is 1.28. The summed E-state index contributed by atoms with van der Waals surface area (Å²) in [6, 6.07) is 9.89. The molecular weight excluding hydrogens is 373 g/mol. The van der Waals surface area contributed by atoms with Gasteiger partial charge >= 0.3 is 6.03 Å². The molecule has 2 saturated heterocycles. The summed E-state index contributed by atoms with van der Waals surface area (Å²) < 4.78 is 14.0. The first kappa shape index (κ1) is 19.3. The van der Waals surface area contributed by atoms with Gasteiger partial charge < -0.3 is 9.80 Å². The summed E-state index contributed by atoms with van der Waals surface area (Å²) in [4.78, 5) is 36.4. The number of carbonyl (C=O) groups excluding carboxylic acids is 2. The van der Waals surface area contributed by atoms with E-state index in [1.807, 2.05) is 17.0 Å². The van der Waals surface area contributed by atoms with Gasteiger partial charge in [0, 0.05) is 58.2 Å². The van der Waals surface area contributed by atoms with Crippen molar-refractivity contribution in [2.75, 3.05) is 50.7 Å². The number of hydrogen-bond acceptors (Lipinski definition) is 4. The van der Waals surface area contributed by atoms with Gasteiger partial charge in [-0.1, -0.05) is 12.1 Å². The molecule has 1 aromatic heterocycles. The van der Waals surface area contributed by atoms with E-state index in [1.54, 1.807) is 30.6 Å². The van der Waals surface area contributed by atoms with Crippen molar-refractivity contribution in [3.8, 4) is 0 Å². The topological polar surface area (TPSA) is 60.0 Å². The van der Waals surface area contributed by atoms with E-state index in [2.05, 4.69) is 9.88 Å². The summed E-state index contributed by atoms with van der Waals surface area (Å²) in [7, 11) is 0. The minimum absolute atomic E-state index is 0.0359. The number of benzene rings is 1. The van der Waals surface area contributed by atoms with Crippen molar-refractivity contribution in [2.24, 2.45) is 0 Å². The van der Waals surface area contributed by atoms with Crippen molar-refractivity contribution in [3.05, 3.63) is 60.2 Å². The predicted octanol–water partition coefficient (Wildman–Crippen LogP) is 1.81. The summed E-state index contributed by atoms with van der Waals surface area (Å²) in [6.45, 7) is 4.55. The molecule has 0 saturated carbocycles. The van der Waals surface area contributed by atoms with Crippen LogP contribution in [-0.4, -0.2) is 77.4 Å². The van der Waals surface area contributed by atoms with E-state index in [0.717, 1.165) is 19.6 Å². The van der Waals surface area contributed by atoms with Crippen molar-refractivity contribution in [2.45, 2.75) is 6.54 Å². The van der Waals surface area contributed by atoms with E-state index in [9.17, 15) is 14.0 Å². The number of aromatic nitrogens is 1. The van der Waals surface area contributed by atoms with Gasteiger partial charge in [0.05, 0.1) is 5.69 Å². The number of nitrogens with zero attached hydrogens (tertiary/aromatic N) is 5. The highest BCUT2D eigenvalue weighted by atomic mass is 19.1. The number of hydrogen-bond donors (Lipinski definition) is 0. The number of amides is 3. The molecule has 2 aromatic rings. The third-order valence-corrected chi connectivity index (χ3v) is 5.44. The van der Waals surface area contributed by atoms with Gasteiger partial charge in [0.1, 0.15) is 12.4 Å². The van der Waals surface area contributed by atoms with Crippen LogP contribution >= 0.6 is 0 Å². The first-order valence-electron chi connectivity index (χ1n) is 9.82. The molecule has 29 heavy (non-hydrogen) atoms. The molecule has 1 aromatic carbocycles. The Morgan fingerprint density at radius 3 is 2.41 bits per heavy atom. The highest BCUT2D eigenvalue weighted by Crippen LogP contribution is 2.23. The average molecular weight is 397 g/mol. The van der Waals surface area contributed by atoms with Crippen LogP contribution in [0.15, 0.2) is 48.8 Å².